The zero-order valence-electron chi connectivity index (χ0n) is 23.5. The summed E-state index contributed by atoms with van der Waals surface area (Å²) in [6, 6.07) is 14.3. The predicted molar refractivity (Wildman–Crippen MR) is 154 cm³/mol. The molecule has 1 saturated carbocycles. The molecule has 0 aliphatic heterocycles. The molecule has 1 fully saturated rings. The van der Waals surface area contributed by atoms with E-state index in [1.165, 1.54) is 12.1 Å². The van der Waals surface area contributed by atoms with Crippen molar-refractivity contribution in [2.45, 2.75) is 70.3 Å². The maximum absolute atomic E-state index is 15.2. The number of ether oxygens (including phenoxy) is 3. The number of carbonyl (C=O) groups is 1. The van der Waals surface area contributed by atoms with Crippen LogP contribution in [0.1, 0.15) is 80.1 Å². The molecule has 41 heavy (non-hydrogen) atoms. The summed E-state index contributed by atoms with van der Waals surface area (Å²) in [7, 11) is 0. The van der Waals surface area contributed by atoms with Crippen LogP contribution >= 0.6 is 0 Å². The highest BCUT2D eigenvalue weighted by Gasteiger charge is 2.29. The Balaban J connectivity index is 1.32. The summed E-state index contributed by atoms with van der Waals surface area (Å²) in [5.74, 6) is -2.33. The number of unbranched alkanes of at least 4 members (excludes halogenated alkanes) is 2. The van der Waals surface area contributed by atoms with Gasteiger partial charge in [-0.25, -0.2) is 18.0 Å². The first-order valence-corrected chi connectivity index (χ1v) is 14.4. The van der Waals surface area contributed by atoms with Gasteiger partial charge in [-0.2, -0.15) is 0 Å². The largest absolute Gasteiger partial charge is 0.494 e. The molecule has 0 N–H and O–H groups in total. The molecule has 1 aliphatic rings. The van der Waals surface area contributed by atoms with Gasteiger partial charge in [-0.15, -0.1) is 6.58 Å². The van der Waals surface area contributed by atoms with Crippen molar-refractivity contribution in [1.82, 2.24) is 0 Å². The summed E-state index contributed by atoms with van der Waals surface area (Å²) in [4.78, 5) is 12.6. The van der Waals surface area contributed by atoms with Gasteiger partial charge in [0.15, 0.2) is 11.6 Å². The van der Waals surface area contributed by atoms with Crippen molar-refractivity contribution in [3.63, 3.8) is 0 Å². The van der Waals surface area contributed by atoms with E-state index in [9.17, 15) is 9.18 Å². The zero-order chi connectivity index (χ0) is 29.2. The number of halogens is 3. The van der Waals surface area contributed by atoms with Crippen molar-refractivity contribution in [2.24, 2.45) is 0 Å². The lowest BCUT2D eigenvalue weighted by atomic mass is 9.82. The molecule has 0 heterocycles. The average Bonchev–Trinajstić information content (AvgIpc) is 2.98. The molecular formula is C34H37F3O4. The van der Waals surface area contributed by atoms with Crippen LogP contribution in [0.5, 0.6) is 11.5 Å². The Morgan fingerprint density at radius 2 is 1.56 bits per heavy atom. The summed E-state index contributed by atoms with van der Waals surface area (Å²) < 4.78 is 61.6. The number of hydrogen-bond acceptors (Lipinski definition) is 4. The van der Waals surface area contributed by atoms with Crippen LogP contribution in [0.2, 0.25) is 0 Å². The van der Waals surface area contributed by atoms with E-state index in [4.69, 9.17) is 14.2 Å². The number of hydrogen-bond donors (Lipinski definition) is 0. The molecule has 218 valence electrons. The first-order chi connectivity index (χ1) is 19.9. The summed E-state index contributed by atoms with van der Waals surface area (Å²) >= 11 is 0. The molecule has 0 spiro atoms. The van der Waals surface area contributed by atoms with Gasteiger partial charge >= 0.3 is 5.97 Å². The molecule has 0 saturated heterocycles. The lowest BCUT2D eigenvalue weighted by Gasteiger charge is -2.29. The first kappa shape index (κ1) is 30.2. The number of allylic oxidation sites excluding steroid dienone is 1. The second-order valence-electron chi connectivity index (χ2n) is 10.4. The number of carbonyl (C=O) groups excluding carboxylic acids is 1. The fourth-order valence-corrected chi connectivity index (χ4v) is 5.04. The highest BCUT2D eigenvalue weighted by Crippen LogP contribution is 2.38. The molecule has 0 bridgehead atoms. The Labute approximate surface area is 240 Å². The lowest BCUT2D eigenvalue weighted by molar-refractivity contribution is 0.0189. The molecular weight excluding hydrogens is 529 g/mol. The molecule has 0 unspecified atom stereocenters. The Bertz CT molecular complexity index is 1310. The summed E-state index contributed by atoms with van der Waals surface area (Å²) in [5.41, 5.74) is 0.940. The van der Waals surface area contributed by atoms with Crippen molar-refractivity contribution >= 4 is 5.97 Å². The maximum atomic E-state index is 15.2. The maximum Gasteiger partial charge on any atom is 0.341 e. The standard InChI is InChI=1S/C34H37F3O4/c1-3-5-7-21-40-27-16-17-30(31(35)22-27)34(38)41-26-14-10-24(11-15-26)29-19-18-28(32(36)33(29)37)23-8-12-25(13-9-23)39-20-6-4-2/h3,8-9,12-13,16-19,22,24,26H,1,4-7,10-11,14-15,20-21H2,2H3. The average molecular weight is 567 g/mol. The molecule has 0 aromatic heterocycles. The second-order valence-corrected chi connectivity index (χ2v) is 10.4. The number of benzene rings is 3. The summed E-state index contributed by atoms with van der Waals surface area (Å²) in [5, 5.41) is 0. The third kappa shape index (κ3) is 7.93. The minimum absolute atomic E-state index is 0.158. The quantitative estimate of drug-likeness (QED) is 0.118. The smallest absolute Gasteiger partial charge is 0.341 e. The van der Waals surface area contributed by atoms with Gasteiger partial charge in [0, 0.05) is 11.6 Å². The van der Waals surface area contributed by atoms with E-state index in [0.29, 0.717) is 61.5 Å². The van der Waals surface area contributed by atoms with E-state index >= 15 is 8.78 Å². The van der Waals surface area contributed by atoms with Gasteiger partial charge in [0.25, 0.3) is 0 Å². The van der Waals surface area contributed by atoms with Gasteiger partial charge in [0.2, 0.25) is 0 Å². The molecule has 4 nitrogen and oxygen atoms in total. The van der Waals surface area contributed by atoms with Crippen LogP contribution in [0.3, 0.4) is 0 Å². The van der Waals surface area contributed by atoms with Crippen LogP contribution < -0.4 is 9.47 Å². The van der Waals surface area contributed by atoms with Crippen molar-refractivity contribution in [1.29, 1.82) is 0 Å². The molecule has 0 amide bonds. The van der Waals surface area contributed by atoms with Gasteiger partial charge in [-0.05, 0) is 86.3 Å². The molecule has 0 radical (unpaired) electrons. The Kier molecular flexibility index (Phi) is 10.9. The molecule has 7 heteroatoms. The summed E-state index contributed by atoms with van der Waals surface area (Å²) in [6.45, 7) is 6.77. The van der Waals surface area contributed by atoms with E-state index in [0.717, 1.165) is 25.7 Å². The molecule has 3 aromatic carbocycles. The minimum atomic E-state index is -0.876. The minimum Gasteiger partial charge on any atom is -0.494 e. The molecule has 1 aliphatic carbocycles. The van der Waals surface area contributed by atoms with Crippen LogP contribution in [-0.4, -0.2) is 25.3 Å². The van der Waals surface area contributed by atoms with Gasteiger partial charge in [-0.1, -0.05) is 43.7 Å². The number of rotatable bonds is 13. The van der Waals surface area contributed by atoms with Crippen molar-refractivity contribution < 1.29 is 32.2 Å². The van der Waals surface area contributed by atoms with Gasteiger partial charge in [0.1, 0.15) is 23.4 Å². The molecule has 3 aromatic rings. The first-order valence-electron chi connectivity index (χ1n) is 14.4. The lowest BCUT2D eigenvalue weighted by Crippen LogP contribution is -2.24. The van der Waals surface area contributed by atoms with Gasteiger partial charge in [0.05, 0.1) is 18.8 Å². The van der Waals surface area contributed by atoms with Crippen molar-refractivity contribution in [2.75, 3.05) is 13.2 Å². The SMILES string of the molecule is C=CCCCOc1ccc(C(=O)OC2CCC(c3ccc(-c4ccc(OCCCC)cc4)c(F)c3F)CC2)c(F)c1. The fraction of sp³-hybridized carbons (Fsp3) is 0.382. The number of esters is 1. The van der Waals surface area contributed by atoms with Crippen LogP contribution in [0.4, 0.5) is 13.2 Å². The monoisotopic (exact) mass is 566 g/mol. The van der Waals surface area contributed by atoms with Crippen molar-refractivity contribution in [3.05, 3.63) is 95.8 Å². The fourth-order valence-electron chi connectivity index (χ4n) is 5.04. The molecule has 4 rings (SSSR count). The normalized spacial score (nSPS) is 16.7. The van der Waals surface area contributed by atoms with E-state index in [-0.39, 0.29) is 17.0 Å². The van der Waals surface area contributed by atoms with E-state index in [2.05, 4.69) is 13.5 Å². The van der Waals surface area contributed by atoms with Gasteiger partial charge < -0.3 is 14.2 Å². The summed E-state index contributed by atoms with van der Waals surface area (Å²) in [6.07, 6.45) is 6.92. The van der Waals surface area contributed by atoms with Crippen molar-refractivity contribution in [3.8, 4) is 22.6 Å². The van der Waals surface area contributed by atoms with Crippen LogP contribution in [0.15, 0.2) is 67.3 Å². The molecule has 0 atom stereocenters. The van der Waals surface area contributed by atoms with Crippen LogP contribution in [-0.2, 0) is 4.74 Å². The van der Waals surface area contributed by atoms with Crippen LogP contribution in [0, 0.1) is 17.5 Å². The Hall–Kier alpha value is -3.74. The Morgan fingerprint density at radius 3 is 2.24 bits per heavy atom. The zero-order valence-corrected chi connectivity index (χ0v) is 23.5. The predicted octanol–water partition coefficient (Wildman–Crippen LogP) is 9.18. The van der Waals surface area contributed by atoms with Crippen LogP contribution in [0.25, 0.3) is 11.1 Å². The highest BCUT2D eigenvalue weighted by atomic mass is 19.2. The third-order valence-electron chi connectivity index (χ3n) is 7.41. The topological polar surface area (TPSA) is 44.8 Å². The van der Waals surface area contributed by atoms with E-state index in [1.54, 1.807) is 48.5 Å². The highest BCUT2D eigenvalue weighted by molar-refractivity contribution is 5.90. The van der Waals surface area contributed by atoms with Gasteiger partial charge in [-0.3, -0.25) is 0 Å². The van der Waals surface area contributed by atoms with E-state index in [1.807, 2.05) is 0 Å². The van der Waals surface area contributed by atoms with E-state index < -0.39 is 29.5 Å². The Morgan fingerprint density at radius 1 is 0.878 bits per heavy atom. The third-order valence-corrected chi connectivity index (χ3v) is 7.41. The second kappa shape index (κ2) is 14.8.